The Morgan fingerprint density at radius 2 is 2.06 bits per heavy atom. The van der Waals surface area contributed by atoms with Crippen LogP contribution in [0.4, 0.5) is 0 Å². The van der Waals surface area contributed by atoms with Gasteiger partial charge in [0.15, 0.2) is 0 Å². The first-order chi connectivity index (χ1) is 8.56. The van der Waals surface area contributed by atoms with E-state index in [1.165, 1.54) is 25.7 Å². The number of amides is 1. The van der Waals surface area contributed by atoms with Gasteiger partial charge in [-0.05, 0) is 37.0 Å². The van der Waals surface area contributed by atoms with Gasteiger partial charge in [-0.25, -0.2) is 0 Å². The minimum Gasteiger partial charge on any atom is -0.341 e. The standard InChI is InChI=1S/C14H17BrClNO/c1-17(9-10-4-2-3-5-10)14(18)11-6-12(15)8-13(16)7-11/h6-8,10H,2-5,9H2,1H3. The van der Waals surface area contributed by atoms with Gasteiger partial charge in [-0.2, -0.15) is 0 Å². The van der Waals surface area contributed by atoms with Crippen molar-refractivity contribution >= 4 is 33.4 Å². The molecule has 0 radical (unpaired) electrons. The van der Waals surface area contributed by atoms with Crippen molar-refractivity contribution in [2.24, 2.45) is 5.92 Å². The molecule has 4 heteroatoms. The molecular formula is C14H17BrClNO. The second-order valence-electron chi connectivity index (χ2n) is 4.99. The normalized spacial score (nSPS) is 15.9. The third kappa shape index (κ3) is 3.48. The van der Waals surface area contributed by atoms with E-state index in [1.807, 2.05) is 18.0 Å². The van der Waals surface area contributed by atoms with E-state index in [2.05, 4.69) is 15.9 Å². The van der Waals surface area contributed by atoms with Gasteiger partial charge < -0.3 is 4.90 Å². The second kappa shape index (κ2) is 6.07. The third-order valence-electron chi connectivity index (χ3n) is 3.46. The molecule has 1 amide bonds. The van der Waals surface area contributed by atoms with Gasteiger partial charge in [0.1, 0.15) is 0 Å². The van der Waals surface area contributed by atoms with E-state index in [0.717, 1.165) is 11.0 Å². The molecule has 0 bridgehead atoms. The molecule has 1 aromatic carbocycles. The summed E-state index contributed by atoms with van der Waals surface area (Å²) in [6.45, 7) is 0.850. The smallest absolute Gasteiger partial charge is 0.253 e. The van der Waals surface area contributed by atoms with Gasteiger partial charge in [0.25, 0.3) is 5.91 Å². The van der Waals surface area contributed by atoms with E-state index >= 15 is 0 Å². The van der Waals surface area contributed by atoms with Gasteiger partial charge in [0, 0.05) is 28.7 Å². The van der Waals surface area contributed by atoms with Gasteiger partial charge in [0.2, 0.25) is 0 Å². The molecule has 0 unspecified atom stereocenters. The highest BCUT2D eigenvalue weighted by Crippen LogP contribution is 2.26. The minimum atomic E-state index is 0.0464. The van der Waals surface area contributed by atoms with Gasteiger partial charge in [-0.3, -0.25) is 4.79 Å². The lowest BCUT2D eigenvalue weighted by Gasteiger charge is -2.21. The lowest BCUT2D eigenvalue weighted by molar-refractivity contribution is 0.0773. The number of carbonyl (C=O) groups is 1. The van der Waals surface area contributed by atoms with Crippen LogP contribution in [0.25, 0.3) is 0 Å². The predicted molar refractivity (Wildman–Crippen MR) is 78.1 cm³/mol. The SMILES string of the molecule is CN(CC1CCCC1)C(=O)c1cc(Cl)cc(Br)c1. The fourth-order valence-electron chi connectivity index (χ4n) is 2.56. The highest BCUT2D eigenvalue weighted by Gasteiger charge is 2.20. The summed E-state index contributed by atoms with van der Waals surface area (Å²) in [7, 11) is 1.87. The highest BCUT2D eigenvalue weighted by atomic mass is 79.9. The molecule has 2 rings (SSSR count). The number of hydrogen-bond donors (Lipinski definition) is 0. The minimum absolute atomic E-state index is 0.0464. The first kappa shape index (κ1) is 13.9. The van der Waals surface area contributed by atoms with Crippen molar-refractivity contribution in [1.82, 2.24) is 4.90 Å². The molecule has 0 atom stereocenters. The first-order valence-corrected chi connectivity index (χ1v) is 7.45. The summed E-state index contributed by atoms with van der Waals surface area (Å²) in [5.41, 5.74) is 0.648. The fraction of sp³-hybridized carbons (Fsp3) is 0.500. The lowest BCUT2D eigenvalue weighted by atomic mass is 10.1. The van der Waals surface area contributed by atoms with Crippen LogP contribution in [0.2, 0.25) is 5.02 Å². The molecule has 18 heavy (non-hydrogen) atoms. The average Bonchev–Trinajstić information content (AvgIpc) is 2.79. The monoisotopic (exact) mass is 329 g/mol. The number of hydrogen-bond acceptors (Lipinski definition) is 1. The summed E-state index contributed by atoms with van der Waals surface area (Å²) in [6, 6.07) is 5.33. The van der Waals surface area contributed by atoms with Crippen LogP contribution in [0.3, 0.4) is 0 Å². The Labute approximate surface area is 121 Å². The molecule has 0 aromatic heterocycles. The number of benzene rings is 1. The number of carbonyl (C=O) groups excluding carboxylic acids is 1. The van der Waals surface area contributed by atoms with Crippen LogP contribution >= 0.6 is 27.5 Å². The second-order valence-corrected chi connectivity index (χ2v) is 6.35. The molecule has 0 saturated heterocycles. The molecule has 0 spiro atoms. The maximum absolute atomic E-state index is 12.3. The van der Waals surface area contributed by atoms with Crippen molar-refractivity contribution < 1.29 is 4.79 Å². The maximum atomic E-state index is 12.3. The van der Waals surface area contributed by atoms with E-state index in [9.17, 15) is 4.79 Å². The van der Waals surface area contributed by atoms with Gasteiger partial charge in [-0.1, -0.05) is 40.4 Å². The number of halogens is 2. The van der Waals surface area contributed by atoms with Crippen molar-refractivity contribution in [2.75, 3.05) is 13.6 Å². The van der Waals surface area contributed by atoms with Gasteiger partial charge in [-0.15, -0.1) is 0 Å². The van der Waals surface area contributed by atoms with Crippen molar-refractivity contribution in [3.05, 3.63) is 33.3 Å². The summed E-state index contributed by atoms with van der Waals surface area (Å²) >= 11 is 9.33. The molecule has 1 saturated carbocycles. The van der Waals surface area contributed by atoms with E-state index in [1.54, 1.807) is 12.1 Å². The van der Waals surface area contributed by atoms with E-state index in [-0.39, 0.29) is 5.91 Å². The third-order valence-corrected chi connectivity index (χ3v) is 4.14. The topological polar surface area (TPSA) is 20.3 Å². The predicted octanol–water partition coefficient (Wildman–Crippen LogP) is 4.36. The number of nitrogens with zero attached hydrogens (tertiary/aromatic N) is 1. The van der Waals surface area contributed by atoms with Crippen LogP contribution in [-0.4, -0.2) is 24.4 Å². The summed E-state index contributed by atoms with van der Waals surface area (Å²) in [4.78, 5) is 14.1. The molecular weight excluding hydrogens is 314 g/mol. The van der Waals surface area contributed by atoms with Crippen molar-refractivity contribution in [3.8, 4) is 0 Å². The summed E-state index contributed by atoms with van der Waals surface area (Å²) in [5.74, 6) is 0.715. The van der Waals surface area contributed by atoms with Gasteiger partial charge >= 0.3 is 0 Å². The van der Waals surface area contributed by atoms with Crippen LogP contribution in [0.1, 0.15) is 36.0 Å². The molecule has 0 N–H and O–H groups in total. The molecule has 1 aromatic rings. The molecule has 98 valence electrons. The van der Waals surface area contributed by atoms with E-state index < -0.39 is 0 Å². The van der Waals surface area contributed by atoms with Crippen LogP contribution in [0.5, 0.6) is 0 Å². The van der Waals surface area contributed by atoms with Crippen LogP contribution in [-0.2, 0) is 0 Å². The quantitative estimate of drug-likeness (QED) is 0.806. The van der Waals surface area contributed by atoms with E-state index in [4.69, 9.17) is 11.6 Å². The Balaban J connectivity index is 2.04. The average molecular weight is 331 g/mol. The zero-order valence-corrected chi connectivity index (χ0v) is 12.8. The largest absolute Gasteiger partial charge is 0.341 e. The van der Waals surface area contributed by atoms with Crippen molar-refractivity contribution in [3.63, 3.8) is 0 Å². The Morgan fingerprint density at radius 1 is 1.39 bits per heavy atom. The molecule has 0 heterocycles. The summed E-state index contributed by atoms with van der Waals surface area (Å²) < 4.78 is 0.840. The van der Waals surface area contributed by atoms with Crippen molar-refractivity contribution in [2.45, 2.75) is 25.7 Å². The summed E-state index contributed by atoms with van der Waals surface area (Å²) in [6.07, 6.45) is 5.10. The van der Waals surface area contributed by atoms with Crippen LogP contribution < -0.4 is 0 Å². The van der Waals surface area contributed by atoms with Crippen LogP contribution in [0.15, 0.2) is 22.7 Å². The maximum Gasteiger partial charge on any atom is 0.253 e. The molecule has 1 fully saturated rings. The Bertz CT molecular complexity index is 423. The summed E-state index contributed by atoms with van der Waals surface area (Å²) in [5, 5.41) is 0.585. The zero-order chi connectivity index (χ0) is 13.1. The Kier molecular flexibility index (Phi) is 4.68. The number of rotatable bonds is 3. The van der Waals surface area contributed by atoms with E-state index in [0.29, 0.717) is 16.5 Å². The van der Waals surface area contributed by atoms with Crippen molar-refractivity contribution in [1.29, 1.82) is 0 Å². The highest BCUT2D eigenvalue weighted by molar-refractivity contribution is 9.10. The molecule has 2 nitrogen and oxygen atoms in total. The van der Waals surface area contributed by atoms with Gasteiger partial charge in [0.05, 0.1) is 0 Å². The Morgan fingerprint density at radius 3 is 2.67 bits per heavy atom. The first-order valence-electron chi connectivity index (χ1n) is 6.28. The zero-order valence-electron chi connectivity index (χ0n) is 10.5. The fourth-order valence-corrected chi connectivity index (χ4v) is 3.42. The molecule has 0 aliphatic heterocycles. The lowest BCUT2D eigenvalue weighted by Crippen LogP contribution is -2.31. The Hall–Kier alpha value is -0.540. The van der Waals surface area contributed by atoms with Crippen LogP contribution in [0, 0.1) is 5.92 Å². The molecule has 1 aliphatic rings. The molecule has 1 aliphatic carbocycles.